The third-order valence-corrected chi connectivity index (χ3v) is 3.99. The molecule has 2 aliphatic heterocycles. The van der Waals surface area contributed by atoms with Gasteiger partial charge in [-0.25, -0.2) is 0 Å². The molecule has 0 saturated carbocycles. The first-order valence-electron chi connectivity index (χ1n) is 6.51. The first kappa shape index (κ1) is 12.7. The van der Waals surface area contributed by atoms with Gasteiger partial charge in [-0.3, -0.25) is 4.90 Å². The van der Waals surface area contributed by atoms with Gasteiger partial charge < -0.3 is 13.9 Å². The Labute approximate surface area is 115 Å². The van der Waals surface area contributed by atoms with Crippen LogP contribution in [-0.2, 0) is 16.0 Å². The highest BCUT2D eigenvalue weighted by Crippen LogP contribution is 2.22. The fourth-order valence-electron chi connectivity index (χ4n) is 2.65. The molecule has 1 aromatic heterocycles. The Bertz CT molecular complexity index is 389. The monoisotopic (exact) mass is 315 g/mol. The van der Waals surface area contributed by atoms with Crippen LogP contribution >= 0.6 is 15.9 Å². The first-order valence-corrected chi connectivity index (χ1v) is 7.30. The summed E-state index contributed by atoms with van der Waals surface area (Å²) in [6.07, 6.45) is 2.80. The molecule has 18 heavy (non-hydrogen) atoms. The molecule has 2 saturated heterocycles. The highest BCUT2D eigenvalue weighted by Gasteiger charge is 2.31. The van der Waals surface area contributed by atoms with Gasteiger partial charge in [0, 0.05) is 19.7 Å². The third-order valence-electron chi connectivity index (χ3n) is 3.57. The largest absolute Gasteiger partial charge is 0.453 e. The van der Waals surface area contributed by atoms with Gasteiger partial charge in [-0.1, -0.05) is 0 Å². The highest BCUT2D eigenvalue weighted by atomic mass is 79.9. The molecule has 1 aromatic rings. The van der Waals surface area contributed by atoms with E-state index in [9.17, 15) is 0 Å². The Morgan fingerprint density at radius 2 is 2.11 bits per heavy atom. The second-order valence-electron chi connectivity index (χ2n) is 4.90. The Morgan fingerprint density at radius 1 is 1.22 bits per heavy atom. The van der Waals surface area contributed by atoms with Crippen LogP contribution in [0.5, 0.6) is 0 Å². The number of halogens is 1. The summed E-state index contributed by atoms with van der Waals surface area (Å²) in [6.45, 7) is 4.41. The van der Waals surface area contributed by atoms with Crippen LogP contribution in [-0.4, -0.2) is 43.4 Å². The summed E-state index contributed by atoms with van der Waals surface area (Å²) in [5, 5.41) is 0. The van der Waals surface area contributed by atoms with Crippen molar-refractivity contribution in [3.8, 4) is 0 Å². The molecule has 0 radical (unpaired) electrons. The lowest BCUT2D eigenvalue weighted by Crippen LogP contribution is -2.47. The van der Waals surface area contributed by atoms with Crippen LogP contribution in [0.2, 0.25) is 0 Å². The first-order chi connectivity index (χ1) is 8.81. The molecule has 0 aromatic carbocycles. The van der Waals surface area contributed by atoms with E-state index in [0.717, 1.165) is 56.1 Å². The fourth-order valence-corrected chi connectivity index (χ4v) is 2.99. The number of furan rings is 1. The van der Waals surface area contributed by atoms with Gasteiger partial charge in [-0.2, -0.15) is 0 Å². The van der Waals surface area contributed by atoms with Crippen LogP contribution in [0, 0.1) is 0 Å². The molecule has 100 valence electrons. The van der Waals surface area contributed by atoms with E-state index in [-0.39, 0.29) is 12.2 Å². The Kier molecular flexibility index (Phi) is 4.03. The number of hydrogen-bond donors (Lipinski definition) is 0. The predicted molar refractivity (Wildman–Crippen MR) is 70.4 cm³/mol. The van der Waals surface area contributed by atoms with Crippen molar-refractivity contribution in [1.29, 1.82) is 0 Å². The summed E-state index contributed by atoms with van der Waals surface area (Å²) >= 11 is 3.33. The van der Waals surface area contributed by atoms with Crippen LogP contribution in [0.3, 0.4) is 0 Å². The molecule has 4 nitrogen and oxygen atoms in total. The molecule has 0 aliphatic carbocycles. The SMILES string of the molecule is Brc1ccc(CN2CCO[C@@H]([C@H]3CCCO3)C2)o1. The maximum absolute atomic E-state index is 5.83. The van der Waals surface area contributed by atoms with E-state index in [1.165, 1.54) is 0 Å². The van der Waals surface area contributed by atoms with E-state index in [4.69, 9.17) is 13.9 Å². The maximum Gasteiger partial charge on any atom is 0.169 e. The molecular formula is C13H18BrNO3. The minimum absolute atomic E-state index is 0.222. The predicted octanol–water partition coefficient (Wildman–Crippen LogP) is 2.42. The van der Waals surface area contributed by atoms with Crippen molar-refractivity contribution in [2.45, 2.75) is 31.6 Å². The highest BCUT2D eigenvalue weighted by molar-refractivity contribution is 9.10. The molecule has 3 heterocycles. The zero-order valence-electron chi connectivity index (χ0n) is 10.3. The van der Waals surface area contributed by atoms with E-state index in [2.05, 4.69) is 20.8 Å². The molecule has 0 amide bonds. The van der Waals surface area contributed by atoms with E-state index >= 15 is 0 Å². The molecule has 3 rings (SSSR count). The van der Waals surface area contributed by atoms with Gasteiger partial charge in [-0.15, -0.1) is 0 Å². The Balaban J connectivity index is 1.56. The van der Waals surface area contributed by atoms with Crippen LogP contribution in [0.15, 0.2) is 21.2 Å². The number of hydrogen-bond acceptors (Lipinski definition) is 4. The summed E-state index contributed by atoms with van der Waals surface area (Å²) in [4.78, 5) is 2.38. The Hall–Kier alpha value is -0.360. The maximum atomic E-state index is 5.83. The van der Waals surface area contributed by atoms with Gasteiger partial charge >= 0.3 is 0 Å². The third kappa shape index (κ3) is 2.96. The minimum Gasteiger partial charge on any atom is -0.453 e. The number of morpholine rings is 1. The van der Waals surface area contributed by atoms with Crippen LogP contribution in [0.1, 0.15) is 18.6 Å². The second kappa shape index (κ2) is 5.74. The molecular weight excluding hydrogens is 298 g/mol. The van der Waals surface area contributed by atoms with Gasteiger partial charge in [-0.05, 0) is 40.9 Å². The van der Waals surface area contributed by atoms with Crippen molar-refractivity contribution < 1.29 is 13.9 Å². The molecule has 0 bridgehead atoms. The smallest absolute Gasteiger partial charge is 0.169 e. The van der Waals surface area contributed by atoms with Gasteiger partial charge in [0.05, 0.1) is 25.4 Å². The average molecular weight is 316 g/mol. The van der Waals surface area contributed by atoms with Crippen molar-refractivity contribution in [2.75, 3.05) is 26.3 Å². The van der Waals surface area contributed by atoms with Gasteiger partial charge in [0.2, 0.25) is 0 Å². The normalized spacial score (nSPS) is 29.8. The van der Waals surface area contributed by atoms with E-state index in [0.29, 0.717) is 0 Å². The summed E-state index contributed by atoms with van der Waals surface area (Å²) in [5.74, 6) is 0.995. The molecule has 0 spiro atoms. The van der Waals surface area contributed by atoms with Crippen molar-refractivity contribution in [1.82, 2.24) is 4.90 Å². The molecule has 5 heteroatoms. The number of ether oxygens (including phenoxy) is 2. The minimum atomic E-state index is 0.222. The topological polar surface area (TPSA) is 34.8 Å². The summed E-state index contributed by atoms with van der Waals surface area (Å²) in [6, 6.07) is 3.95. The zero-order chi connectivity index (χ0) is 12.4. The van der Waals surface area contributed by atoms with Crippen LogP contribution in [0.25, 0.3) is 0 Å². The molecule has 2 fully saturated rings. The van der Waals surface area contributed by atoms with Gasteiger partial charge in [0.15, 0.2) is 4.67 Å². The molecule has 0 unspecified atom stereocenters. The van der Waals surface area contributed by atoms with Crippen molar-refractivity contribution in [3.63, 3.8) is 0 Å². The quantitative estimate of drug-likeness (QED) is 0.858. The van der Waals surface area contributed by atoms with Crippen molar-refractivity contribution in [3.05, 3.63) is 22.6 Å². The number of rotatable bonds is 3. The Morgan fingerprint density at radius 3 is 2.83 bits per heavy atom. The lowest BCUT2D eigenvalue weighted by Gasteiger charge is -2.34. The fraction of sp³-hybridized carbons (Fsp3) is 0.692. The van der Waals surface area contributed by atoms with E-state index < -0.39 is 0 Å². The molecule has 2 aliphatic rings. The van der Waals surface area contributed by atoms with Gasteiger partial charge in [0.1, 0.15) is 5.76 Å². The van der Waals surface area contributed by atoms with Gasteiger partial charge in [0.25, 0.3) is 0 Å². The van der Waals surface area contributed by atoms with Crippen LogP contribution < -0.4 is 0 Å². The summed E-state index contributed by atoms with van der Waals surface area (Å²) in [7, 11) is 0. The zero-order valence-corrected chi connectivity index (χ0v) is 11.9. The average Bonchev–Trinajstić information content (AvgIpc) is 3.01. The molecule has 2 atom stereocenters. The second-order valence-corrected chi connectivity index (χ2v) is 5.68. The lowest BCUT2D eigenvalue weighted by atomic mass is 10.1. The van der Waals surface area contributed by atoms with Crippen molar-refractivity contribution >= 4 is 15.9 Å². The van der Waals surface area contributed by atoms with E-state index in [1.54, 1.807) is 0 Å². The lowest BCUT2D eigenvalue weighted by molar-refractivity contribution is -0.0968. The van der Waals surface area contributed by atoms with Crippen molar-refractivity contribution in [2.24, 2.45) is 0 Å². The van der Waals surface area contributed by atoms with Crippen LogP contribution in [0.4, 0.5) is 0 Å². The summed E-state index contributed by atoms with van der Waals surface area (Å²) in [5.41, 5.74) is 0. The standard InChI is InChI=1S/C13H18BrNO3/c14-13-4-3-10(18-13)8-15-5-7-17-12(9-15)11-2-1-6-16-11/h3-4,11-12H,1-2,5-9H2/t11-,12-/m1/s1. The number of nitrogens with zero attached hydrogens (tertiary/aromatic N) is 1. The molecule has 0 N–H and O–H groups in total. The van der Waals surface area contributed by atoms with E-state index in [1.807, 2.05) is 12.1 Å². The summed E-state index contributed by atoms with van der Waals surface area (Å²) < 4.78 is 17.9.